The predicted molar refractivity (Wildman–Crippen MR) is 74.3 cm³/mol. The average Bonchev–Trinajstić information content (AvgIpc) is 2.80. The first-order chi connectivity index (χ1) is 9.24. The summed E-state index contributed by atoms with van der Waals surface area (Å²) in [7, 11) is 0. The smallest absolute Gasteiger partial charge is 0.113 e. The molecular weight excluding hydrogens is 240 g/mol. The van der Waals surface area contributed by atoms with Crippen molar-refractivity contribution in [2.45, 2.75) is 20.4 Å². The molecular formula is C14H20N4O. The van der Waals surface area contributed by atoms with Gasteiger partial charge in [0.2, 0.25) is 0 Å². The monoisotopic (exact) mass is 260 g/mol. The Morgan fingerprint density at radius 2 is 1.84 bits per heavy atom. The highest BCUT2D eigenvalue weighted by molar-refractivity contribution is 5.76. The topological polar surface area (TPSA) is 43.2 Å². The second-order valence-electron chi connectivity index (χ2n) is 5.19. The third-order valence-electron chi connectivity index (χ3n) is 3.86. The Hall–Kier alpha value is -1.46. The summed E-state index contributed by atoms with van der Waals surface area (Å²) in [5.41, 5.74) is 4.69. The van der Waals surface area contributed by atoms with Gasteiger partial charge in [0, 0.05) is 19.6 Å². The van der Waals surface area contributed by atoms with Crippen LogP contribution in [0.15, 0.2) is 12.1 Å². The van der Waals surface area contributed by atoms with Crippen molar-refractivity contribution in [3.63, 3.8) is 0 Å². The molecule has 2 heterocycles. The number of morpholine rings is 1. The van der Waals surface area contributed by atoms with Crippen LogP contribution in [0.5, 0.6) is 0 Å². The molecule has 2 aromatic rings. The van der Waals surface area contributed by atoms with E-state index in [9.17, 15) is 0 Å². The van der Waals surface area contributed by atoms with Crippen molar-refractivity contribution in [1.82, 2.24) is 19.9 Å². The number of benzene rings is 1. The Morgan fingerprint density at radius 3 is 2.63 bits per heavy atom. The summed E-state index contributed by atoms with van der Waals surface area (Å²) in [5.74, 6) is 0. The molecule has 1 aliphatic heterocycles. The maximum atomic E-state index is 5.36. The van der Waals surface area contributed by atoms with Gasteiger partial charge in [-0.2, -0.15) is 0 Å². The van der Waals surface area contributed by atoms with Gasteiger partial charge in [0.1, 0.15) is 5.52 Å². The van der Waals surface area contributed by atoms with Crippen LogP contribution < -0.4 is 0 Å². The zero-order valence-electron chi connectivity index (χ0n) is 11.6. The zero-order chi connectivity index (χ0) is 13.2. The third-order valence-corrected chi connectivity index (χ3v) is 3.86. The number of hydrogen-bond donors (Lipinski definition) is 0. The fourth-order valence-corrected chi connectivity index (χ4v) is 2.45. The van der Waals surface area contributed by atoms with Gasteiger partial charge in [-0.05, 0) is 37.1 Å². The molecule has 1 aliphatic rings. The lowest BCUT2D eigenvalue weighted by Crippen LogP contribution is -2.38. The van der Waals surface area contributed by atoms with Crippen LogP contribution in [0.2, 0.25) is 0 Å². The Labute approximate surface area is 113 Å². The van der Waals surface area contributed by atoms with Crippen molar-refractivity contribution in [3.05, 3.63) is 23.3 Å². The highest BCUT2D eigenvalue weighted by Gasteiger charge is 2.12. The molecule has 3 rings (SSSR count). The van der Waals surface area contributed by atoms with Gasteiger partial charge < -0.3 is 4.74 Å². The summed E-state index contributed by atoms with van der Waals surface area (Å²) in [6, 6.07) is 4.30. The molecule has 0 radical (unpaired) electrons. The van der Waals surface area contributed by atoms with Crippen LogP contribution in [0.4, 0.5) is 0 Å². The van der Waals surface area contributed by atoms with Gasteiger partial charge in [0.25, 0.3) is 0 Å². The van der Waals surface area contributed by atoms with Gasteiger partial charge in [-0.15, -0.1) is 5.10 Å². The van der Waals surface area contributed by atoms with Crippen LogP contribution in [0.3, 0.4) is 0 Å². The molecule has 0 amide bonds. The Balaban J connectivity index is 1.75. The number of aryl methyl sites for hydroxylation is 2. The molecule has 0 spiro atoms. The summed E-state index contributed by atoms with van der Waals surface area (Å²) < 4.78 is 7.37. The number of nitrogens with zero attached hydrogens (tertiary/aromatic N) is 4. The van der Waals surface area contributed by atoms with Crippen molar-refractivity contribution in [3.8, 4) is 0 Å². The van der Waals surface area contributed by atoms with Crippen molar-refractivity contribution in [1.29, 1.82) is 0 Å². The van der Waals surface area contributed by atoms with Crippen molar-refractivity contribution < 1.29 is 4.74 Å². The molecule has 0 unspecified atom stereocenters. The van der Waals surface area contributed by atoms with Crippen LogP contribution >= 0.6 is 0 Å². The van der Waals surface area contributed by atoms with Gasteiger partial charge in [-0.1, -0.05) is 5.21 Å². The molecule has 5 nitrogen and oxygen atoms in total. The minimum atomic E-state index is 0.844. The summed E-state index contributed by atoms with van der Waals surface area (Å²) in [5, 5.41) is 8.52. The van der Waals surface area contributed by atoms with E-state index < -0.39 is 0 Å². The number of hydrogen-bond acceptors (Lipinski definition) is 4. The van der Waals surface area contributed by atoms with Crippen molar-refractivity contribution >= 4 is 11.0 Å². The summed E-state index contributed by atoms with van der Waals surface area (Å²) >= 11 is 0. The second kappa shape index (κ2) is 5.27. The quantitative estimate of drug-likeness (QED) is 0.836. The van der Waals surface area contributed by atoms with Gasteiger partial charge in [-0.25, -0.2) is 4.68 Å². The summed E-state index contributed by atoms with van der Waals surface area (Å²) in [6.45, 7) is 9.87. The van der Waals surface area contributed by atoms with Gasteiger partial charge in [-0.3, -0.25) is 4.90 Å². The van der Waals surface area contributed by atoms with Crippen LogP contribution in [0, 0.1) is 13.8 Å². The molecule has 1 saturated heterocycles. The van der Waals surface area contributed by atoms with E-state index in [1.54, 1.807) is 0 Å². The zero-order valence-corrected chi connectivity index (χ0v) is 11.6. The molecule has 5 heteroatoms. The number of ether oxygens (including phenoxy) is 1. The highest BCUT2D eigenvalue weighted by Crippen LogP contribution is 2.17. The third kappa shape index (κ3) is 2.62. The predicted octanol–water partition coefficient (Wildman–Crippen LogP) is 1.38. The standard InChI is InChI=1S/C14H20N4O/c1-11-9-13-14(10-12(11)2)18(16-15-13)4-3-17-5-7-19-8-6-17/h9-10H,3-8H2,1-2H3. The molecule has 1 aromatic heterocycles. The first-order valence-electron chi connectivity index (χ1n) is 6.84. The molecule has 1 aromatic carbocycles. The molecule has 0 saturated carbocycles. The first-order valence-corrected chi connectivity index (χ1v) is 6.84. The molecule has 0 aliphatic carbocycles. The van der Waals surface area contributed by atoms with Crippen LogP contribution in [0.1, 0.15) is 11.1 Å². The maximum Gasteiger partial charge on any atom is 0.113 e. The van der Waals surface area contributed by atoms with E-state index in [-0.39, 0.29) is 0 Å². The number of aromatic nitrogens is 3. The lowest BCUT2D eigenvalue weighted by Gasteiger charge is -2.26. The van der Waals surface area contributed by atoms with E-state index in [0.717, 1.165) is 50.4 Å². The molecule has 0 bridgehead atoms. The first kappa shape index (κ1) is 12.6. The van der Waals surface area contributed by atoms with E-state index in [2.05, 4.69) is 41.2 Å². The molecule has 0 N–H and O–H groups in total. The fourth-order valence-electron chi connectivity index (χ4n) is 2.45. The maximum absolute atomic E-state index is 5.36. The van der Waals surface area contributed by atoms with E-state index >= 15 is 0 Å². The van der Waals surface area contributed by atoms with E-state index in [1.807, 2.05) is 4.68 Å². The Bertz CT molecular complexity index is 572. The van der Waals surface area contributed by atoms with Crippen LogP contribution in [-0.2, 0) is 11.3 Å². The largest absolute Gasteiger partial charge is 0.379 e. The molecule has 19 heavy (non-hydrogen) atoms. The molecule has 1 fully saturated rings. The fraction of sp³-hybridized carbons (Fsp3) is 0.571. The van der Waals surface area contributed by atoms with Gasteiger partial charge in [0.15, 0.2) is 0 Å². The Kier molecular flexibility index (Phi) is 3.48. The summed E-state index contributed by atoms with van der Waals surface area (Å²) in [4.78, 5) is 2.41. The summed E-state index contributed by atoms with van der Waals surface area (Å²) in [6.07, 6.45) is 0. The van der Waals surface area contributed by atoms with E-state index in [1.165, 1.54) is 11.1 Å². The lowest BCUT2D eigenvalue weighted by molar-refractivity contribution is 0.0360. The van der Waals surface area contributed by atoms with E-state index in [0.29, 0.717) is 0 Å². The minimum absolute atomic E-state index is 0.844. The Morgan fingerprint density at radius 1 is 1.11 bits per heavy atom. The molecule has 102 valence electrons. The average molecular weight is 260 g/mol. The van der Waals surface area contributed by atoms with Crippen LogP contribution in [-0.4, -0.2) is 52.7 Å². The second-order valence-corrected chi connectivity index (χ2v) is 5.19. The number of rotatable bonds is 3. The normalized spacial score (nSPS) is 17.2. The van der Waals surface area contributed by atoms with Gasteiger partial charge >= 0.3 is 0 Å². The van der Waals surface area contributed by atoms with Gasteiger partial charge in [0.05, 0.1) is 25.3 Å². The lowest BCUT2D eigenvalue weighted by atomic mass is 10.1. The van der Waals surface area contributed by atoms with Crippen LogP contribution in [0.25, 0.3) is 11.0 Å². The van der Waals surface area contributed by atoms with Crippen molar-refractivity contribution in [2.24, 2.45) is 0 Å². The highest BCUT2D eigenvalue weighted by atomic mass is 16.5. The SMILES string of the molecule is Cc1cc2nnn(CCN3CCOCC3)c2cc1C. The van der Waals surface area contributed by atoms with Crippen molar-refractivity contribution in [2.75, 3.05) is 32.8 Å². The molecule has 0 atom stereocenters. The minimum Gasteiger partial charge on any atom is -0.379 e. The number of fused-ring (bicyclic) bond motifs is 1. The van der Waals surface area contributed by atoms with E-state index in [4.69, 9.17) is 4.74 Å².